The maximum atomic E-state index is 9.17. The molecule has 1 aromatic carbocycles. The first kappa shape index (κ1) is 13.0. The summed E-state index contributed by atoms with van der Waals surface area (Å²) in [6.45, 7) is 6.24. The third-order valence-electron chi connectivity index (χ3n) is 2.55. The molecule has 0 aliphatic carbocycles. The zero-order valence-corrected chi connectivity index (χ0v) is 10.3. The van der Waals surface area contributed by atoms with Crippen LogP contribution in [-0.2, 0) is 6.42 Å². The normalized spacial score (nSPS) is 13.8. The molecule has 0 saturated heterocycles. The van der Waals surface area contributed by atoms with Crippen LogP contribution < -0.4 is 11.1 Å². The Balaban J connectivity index is 2.51. The van der Waals surface area contributed by atoms with Gasteiger partial charge in [0.15, 0.2) is 0 Å². The van der Waals surface area contributed by atoms with Crippen molar-refractivity contribution >= 4 is 5.69 Å². The van der Waals surface area contributed by atoms with E-state index in [-0.39, 0.29) is 12.1 Å². The van der Waals surface area contributed by atoms with Gasteiger partial charge in [-0.15, -0.1) is 0 Å². The molecule has 0 saturated carbocycles. The summed E-state index contributed by atoms with van der Waals surface area (Å²) in [6.07, 6.45) is 0.934. The van der Waals surface area contributed by atoms with Crippen LogP contribution in [0.2, 0.25) is 0 Å². The summed E-state index contributed by atoms with van der Waals surface area (Å²) in [5.74, 6) is 0. The summed E-state index contributed by atoms with van der Waals surface area (Å²) in [7, 11) is 0. The minimum absolute atomic E-state index is 0.138. The molecule has 4 N–H and O–H groups in total. The maximum absolute atomic E-state index is 9.17. The lowest BCUT2D eigenvalue weighted by Crippen LogP contribution is -2.48. The summed E-state index contributed by atoms with van der Waals surface area (Å²) >= 11 is 0. The molecule has 0 fully saturated rings. The fraction of sp³-hybridized carbons (Fsp3) is 0.538. The first-order chi connectivity index (χ1) is 7.43. The predicted molar refractivity (Wildman–Crippen MR) is 68.3 cm³/mol. The zero-order valence-electron chi connectivity index (χ0n) is 10.3. The quantitative estimate of drug-likeness (QED) is 0.663. The minimum Gasteiger partial charge on any atom is -0.399 e. The predicted octanol–water partition coefficient (Wildman–Crippen LogP) is 1.56. The Labute approximate surface area is 97.7 Å². The van der Waals surface area contributed by atoms with Gasteiger partial charge in [-0.25, -0.2) is 0 Å². The van der Waals surface area contributed by atoms with Gasteiger partial charge < -0.3 is 16.2 Å². The highest BCUT2D eigenvalue weighted by molar-refractivity contribution is 5.39. The van der Waals surface area contributed by atoms with Gasteiger partial charge in [0.05, 0.1) is 6.61 Å². The molecule has 0 radical (unpaired) electrons. The Morgan fingerprint density at radius 1 is 1.31 bits per heavy atom. The van der Waals surface area contributed by atoms with Crippen molar-refractivity contribution in [3.8, 4) is 0 Å². The summed E-state index contributed by atoms with van der Waals surface area (Å²) in [5, 5.41) is 12.6. The molecular formula is C13H22N2O. The highest BCUT2D eigenvalue weighted by atomic mass is 16.3. The fourth-order valence-electron chi connectivity index (χ4n) is 1.77. The molecule has 0 aliphatic heterocycles. The van der Waals surface area contributed by atoms with Gasteiger partial charge in [0.1, 0.15) is 0 Å². The van der Waals surface area contributed by atoms with E-state index in [1.165, 1.54) is 5.56 Å². The van der Waals surface area contributed by atoms with Crippen molar-refractivity contribution < 1.29 is 5.11 Å². The maximum Gasteiger partial charge on any atom is 0.0607 e. The SMILES string of the molecule is CC(Cc1ccc(N)cc1)NC(C)(C)CO. The molecule has 0 spiro atoms. The average Bonchev–Trinajstić information content (AvgIpc) is 2.21. The van der Waals surface area contributed by atoms with E-state index >= 15 is 0 Å². The lowest BCUT2D eigenvalue weighted by atomic mass is 10.0. The largest absolute Gasteiger partial charge is 0.399 e. The number of nitrogen functional groups attached to an aromatic ring is 1. The highest BCUT2D eigenvalue weighted by Gasteiger charge is 2.18. The topological polar surface area (TPSA) is 58.3 Å². The number of aliphatic hydroxyl groups is 1. The minimum atomic E-state index is -0.229. The van der Waals surface area contributed by atoms with Crippen molar-refractivity contribution in [2.24, 2.45) is 0 Å². The number of hydrogen-bond acceptors (Lipinski definition) is 3. The Morgan fingerprint density at radius 2 is 1.88 bits per heavy atom. The molecule has 0 aliphatic rings. The lowest BCUT2D eigenvalue weighted by molar-refractivity contribution is 0.177. The Morgan fingerprint density at radius 3 is 2.38 bits per heavy atom. The van der Waals surface area contributed by atoms with Crippen LogP contribution in [0.4, 0.5) is 5.69 Å². The second-order valence-electron chi connectivity index (χ2n) is 5.03. The average molecular weight is 222 g/mol. The van der Waals surface area contributed by atoms with Gasteiger partial charge in [-0.3, -0.25) is 0 Å². The van der Waals surface area contributed by atoms with Crippen LogP contribution in [0.15, 0.2) is 24.3 Å². The van der Waals surface area contributed by atoms with Gasteiger partial charge >= 0.3 is 0 Å². The van der Waals surface area contributed by atoms with Crippen LogP contribution in [0.3, 0.4) is 0 Å². The van der Waals surface area contributed by atoms with Gasteiger partial charge in [-0.1, -0.05) is 12.1 Å². The third-order valence-corrected chi connectivity index (χ3v) is 2.55. The number of benzene rings is 1. The van der Waals surface area contributed by atoms with Crippen LogP contribution in [0.5, 0.6) is 0 Å². The number of anilines is 1. The number of aliphatic hydroxyl groups excluding tert-OH is 1. The first-order valence-electron chi connectivity index (χ1n) is 5.66. The smallest absolute Gasteiger partial charge is 0.0607 e. The molecule has 90 valence electrons. The Hall–Kier alpha value is -1.06. The first-order valence-corrected chi connectivity index (χ1v) is 5.66. The van der Waals surface area contributed by atoms with Crippen molar-refractivity contribution in [1.82, 2.24) is 5.32 Å². The standard InChI is InChI=1S/C13H22N2O/c1-10(15-13(2,3)9-16)8-11-4-6-12(14)7-5-11/h4-7,10,15-16H,8-9,14H2,1-3H3. The number of rotatable bonds is 5. The van der Waals surface area contributed by atoms with E-state index < -0.39 is 0 Å². The van der Waals surface area contributed by atoms with Gasteiger partial charge in [0, 0.05) is 17.3 Å². The van der Waals surface area contributed by atoms with E-state index in [0.29, 0.717) is 6.04 Å². The van der Waals surface area contributed by atoms with Gasteiger partial charge in [0.2, 0.25) is 0 Å². The zero-order chi connectivity index (χ0) is 12.2. The van der Waals surface area contributed by atoms with Crippen LogP contribution in [0, 0.1) is 0 Å². The molecule has 1 atom stereocenters. The fourth-order valence-corrected chi connectivity index (χ4v) is 1.77. The Bertz CT molecular complexity index is 319. The van der Waals surface area contributed by atoms with Crippen LogP contribution in [-0.4, -0.2) is 23.3 Å². The van der Waals surface area contributed by atoms with Crippen molar-refractivity contribution in [2.45, 2.75) is 38.8 Å². The molecule has 1 unspecified atom stereocenters. The van der Waals surface area contributed by atoms with E-state index in [0.717, 1.165) is 12.1 Å². The molecular weight excluding hydrogens is 200 g/mol. The van der Waals surface area contributed by atoms with Crippen molar-refractivity contribution in [3.05, 3.63) is 29.8 Å². The molecule has 1 rings (SSSR count). The number of nitrogens with two attached hydrogens (primary N) is 1. The molecule has 16 heavy (non-hydrogen) atoms. The summed E-state index contributed by atoms with van der Waals surface area (Å²) in [6, 6.07) is 8.24. The van der Waals surface area contributed by atoms with Crippen LogP contribution in [0.25, 0.3) is 0 Å². The second-order valence-corrected chi connectivity index (χ2v) is 5.03. The molecule has 1 aromatic rings. The number of nitrogens with one attached hydrogen (secondary N) is 1. The van der Waals surface area contributed by atoms with Crippen molar-refractivity contribution in [2.75, 3.05) is 12.3 Å². The summed E-state index contributed by atoms with van der Waals surface area (Å²) < 4.78 is 0. The summed E-state index contributed by atoms with van der Waals surface area (Å²) in [5.41, 5.74) is 7.45. The van der Waals surface area contributed by atoms with E-state index in [2.05, 4.69) is 12.2 Å². The molecule has 3 heteroatoms. The molecule has 0 amide bonds. The van der Waals surface area contributed by atoms with E-state index in [1.807, 2.05) is 38.1 Å². The van der Waals surface area contributed by atoms with Gasteiger partial charge in [0.25, 0.3) is 0 Å². The second kappa shape index (κ2) is 5.32. The van der Waals surface area contributed by atoms with E-state index in [4.69, 9.17) is 10.8 Å². The van der Waals surface area contributed by atoms with Crippen molar-refractivity contribution in [3.63, 3.8) is 0 Å². The summed E-state index contributed by atoms with van der Waals surface area (Å²) in [4.78, 5) is 0. The molecule has 0 bridgehead atoms. The van der Waals surface area contributed by atoms with E-state index in [9.17, 15) is 0 Å². The molecule has 3 nitrogen and oxygen atoms in total. The monoisotopic (exact) mass is 222 g/mol. The third kappa shape index (κ3) is 4.21. The van der Waals surface area contributed by atoms with Crippen molar-refractivity contribution in [1.29, 1.82) is 0 Å². The molecule has 0 aromatic heterocycles. The van der Waals surface area contributed by atoms with Crippen LogP contribution in [0.1, 0.15) is 26.3 Å². The van der Waals surface area contributed by atoms with E-state index in [1.54, 1.807) is 0 Å². The number of hydrogen-bond donors (Lipinski definition) is 3. The Kier molecular flexibility index (Phi) is 4.33. The lowest BCUT2D eigenvalue weighted by Gasteiger charge is -2.28. The highest BCUT2D eigenvalue weighted by Crippen LogP contribution is 2.10. The van der Waals surface area contributed by atoms with Gasteiger partial charge in [-0.2, -0.15) is 0 Å². The molecule has 0 heterocycles. The van der Waals surface area contributed by atoms with Gasteiger partial charge in [-0.05, 0) is 44.9 Å². The van der Waals surface area contributed by atoms with Crippen LogP contribution >= 0.6 is 0 Å².